The minimum absolute atomic E-state index is 0.0363. The van der Waals surface area contributed by atoms with Gasteiger partial charge in [-0.3, -0.25) is 9.59 Å². The topological polar surface area (TPSA) is 127 Å². The highest BCUT2D eigenvalue weighted by atomic mass is 16.5. The highest BCUT2D eigenvalue weighted by Gasteiger charge is 2.29. The lowest BCUT2D eigenvalue weighted by Gasteiger charge is -2.20. The molecule has 4 heterocycles. The molecule has 2 aliphatic heterocycles. The summed E-state index contributed by atoms with van der Waals surface area (Å²) in [6.45, 7) is 8.69. The Bertz CT molecular complexity index is 1640. The number of hydrogen-bond acceptors (Lipinski definition) is 7. The zero-order chi connectivity index (χ0) is 28.5. The average Bonchev–Trinajstić information content (AvgIpc) is 3.68. The Hall–Kier alpha value is -4.15. The summed E-state index contributed by atoms with van der Waals surface area (Å²) in [6.07, 6.45) is 3.22. The number of aryl methyl sites for hydroxylation is 2. The Balaban J connectivity index is 1.15. The van der Waals surface area contributed by atoms with Gasteiger partial charge in [-0.2, -0.15) is 0 Å². The van der Waals surface area contributed by atoms with Gasteiger partial charge >= 0.3 is 0 Å². The number of fused-ring (bicyclic) bond motifs is 2. The molecule has 10 heteroatoms. The standard InChI is InChI=1S/C31H36N6O4/c1-19-5-6-27(20(2)13-19)41-18-22(38)16-33-24-7-8-32-30(39)28(24)29-34-25-14-21-17-37(12-11-36-9-3-4-10-36)31(40)23(21)15-26(25)35-29/h5-8,13-15,22,38H,3-4,9-12,16-18H2,1-2H3,(H,34,35)(H2,32,33,39)/t22-/m1/s1. The van der Waals surface area contributed by atoms with Crippen LogP contribution in [0.3, 0.4) is 0 Å². The molecule has 2 aromatic heterocycles. The van der Waals surface area contributed by atoms with E-state index in [-0.39, 0.29) is 24.6 Å². The Morgan fingerprint density at radius 1 is 1.10 bits per heavy atom. The number of aliphatic hydroxyl groups is 1. The Morgan fingerprint density at radius 3 is 2.73 bits per heavy atom. The van der Waals surface area contributed by atoms with Crippen LogP contribution in [0.15, 0.2) is 47.4 Å². The minimum Gasteiger partial charge on any atom is -0.491 e. The summed E-state index contributed by atoms with van der Waals surface area (Å²) < 4.78 is 5.81. The summed E-state index contributed by atoms with van der Waals surface area (Å²) in [5.74, 6) is 1.16. The molecular formula is C31H36N6O4. The predicted molar refractivity (Wildman–Crippen MR) is 158 cm³/mol. The van der Waals surface area contributed by atoms with Crippen LogP contribution < -0.4 is 15.6 Å². The summed E-state index contributed by atoms with van der Waals surface area (Å²) in [4.78, 5) is 41.0. The fourth-order valence-electron chi connectivity index (χ4n) is 5.74. The predicted octanol–water partition coefficient (Wildman–Crippen LogP) is 3.44. The first-order valence-corrected chi connectivity index (χ1v) is 14.2. The van der Waals surface area contributed by atoms with Gasteiger partial charge in [-0.15, -0.1) is 0 Å². The number of rotatable bonds is 10. The van der Waals surface area contributed by atoms with Crippen LogP contribution in [0.4, 0.5) is 5.69 Å². The van der Waals surface area contributed by atoms with Crippen molar-refractivity contribution in [2.45, 2.75) is 39.3 Å². The number of nitrogens with one attached hydrogen (secondary N) is 3. The van der Waals surface area contributed by atoms with Gasteiger partial charge in [0.1, 0.15) is 29.8 Å². The highest BCUT2D eigenvalue weighted by Crippen LogP contribution is 2.30. The summed E-state index contributed by atoms with van der Waals surface area (Å²) in [5, 5.41) is 13.7. The Morgan fingerprint density at radius 2 is 1.93 bits per heavy atom. The number of H-pyrrole nitrogens is 2. The van der Waals surface area contributed by atoms with E-state index in [1.54, 1.807) is 12.3 Å². The smallest absolute Gasteiger partial charge is 0.261 e. The second-order valence-corrected chi connectivity index (χ2v) is 11.1. The number of nitrogens with zero attached hydrogens (tertiary/aromatic N) is 3. The number of hydrogen-bond donors (Lipinski definition) is 4. The second-order valence-electron chi connectivity index (χ2n) is 11.1. The Labute approximate surface area is 238 Å². The fraction of sp³-hybridized carbons (Fsp3) is 0.387. The van der Waals surface area contributed by atoms with Crippen molar-refractivity contribution in [3.8, 4) is 17.1 Å². The van der Waals surface area contributed by atoms with Crippen molar-refractivity contribution in [1.82, 2.24) is 24.8 Å². The van der Waals surface area contributed by atoms with Gasteiger partial charge in [-0.1, -0.05) is 17.7 Å². The van der Waals surface area contributed by atoms with E-state index >= 15 is 0 Å². The largest absolute Gasteiger partial charge is 0.491 e. The SMILES string of the molecule is Cc1ccc(OC[C@H](O)CNc2cc[nH]c(=O)c2-c2nc3cc4c(cc3[nH]2)C(=O)N(CCN2CCCC2)C4)c(C)c1. The van der Waals surface area contributed by atoms with Crippen LogP contribution in [0.1, 0.15) is 39.9 Å². The van der Waals surface area contributed by atoms with E-state index in [0.717, 1.165) is 48.6 Å². The number of aromatic amines is 2. The first kappa shape index (κ1) is 27.0. The van der Waals surface area contributed by atoms with Crippen LogP contribution >= 0.6 is 0 Å². The molecule has 1 atom stereocenters. The highest BCUT2D eigenvalue weighted by molar-refractivity contribution is 6.02. The maximum atomic E-state index is 13.1. The molecule has 0 spiro atoms. The van der Waals surface area contributed by atoms with Crippen molar-refractivity contribution in [1.29, 1.82) is 0 Å². The number of imidazole rings is 1. The molecule has 2 aliphatic rings. The van der Waals surface area contributed by atoms with Crippen LogP contribution in [0, 0.1) is 13.8 Å². The minimum atomic E-state index is -0.805. The molecule has 0 unspecified atom stereocenters. The van der Waals surface area contributed by atoms with Crippen LogP contribution in [-0.4, -0.2) is 81.2 Å². The number of aromatic nitrogens is 3. The molecule has 2 aromatic carbocycles. The molecule has 4 N–H and O–H groups in total. The third-order valence-corrected chi connectivity index (χ3v) is 7.96. The average molecular weight is 557 g/mol. The lowest BCUT2D eigenvalue weighted by Crippen LogP contribution is -2.33. The van der Waals surface area contributed by atoms with Crippen molar-refractivity contribution in [3.63, 3.8) is 0 Å². The monoisotopic (exact) mass is 556 g/mol. The van der Waals surface area contributed by atoms with E-state index in [0.29, 0.717) is 40.2 Å². The van der Waals surface area contributed by atoms with Gasteiger partial charge in [0.15, 0.2) is 0 Å². The molecule has 1 saturated heterocycles. The first-order valence-electron chi connectivity index (χ1n) is 14.2. The number of carbonyl (C=O) groups is 1. The van der Waals surface area contributed by atoms with Crippen molar-refractivity contribution < 1.29 is 14.6 Å². The van der Waals surface area contributed by atoms with Crippen LogP contribution in [0.5, 0.6) is 5.75 Å². The molecule has 6 rings (SSSR count). The number of benzene rings is 2. The normalized spacial score (nSPS) is 16.0. The number of amides is 1. The molecule has 1 fully saturated rings. The summed E-state index contributed by atoms with van der Waals surface area (Å²) in [5.41, 5.74) is 5.75. The van der Waals surface area contributed by atoms with Crippen LogP contribution in [0.25, 0.3) is 22.4 Å². The van der Waals surface area contributed by atoms with Gasteiger partial charge in [0.25, 0.3) is 11.5 Å². The van der Waals surface area contributed by atoms with Crippen molar-refractivity contribution in [3.05, 3.63) is 75.2 Å². The van der Waals surface area contributed by atoms with Crippen molar-refractivity contribution >= 4 is 22.6 Å². The fourth-order valence-corrected chi connectivity index (χ4v) is 5.74. The third kappa shape index (κ3) is 5.71. The van der Waals surface area contributed by atoms with Gasteiger partial charge in [-0.05, 0) is 75.2 Å². The van der Waals surface area contributed by atoms with Crippen LogP contribution in [0.2, 0.25) is 0 Å². The van der Waals surface area contributed by atoms with Crippen LogP contribution in [-0.2, 0) is 6.54 Å². The third-order valence-electron chi connectivity index (χ3n) is 7.96. The van der Waals surface area contributed by atoms with E-state index in [4.69, 9.17) is 9.72 Å². The number of anilines is 1. The first-order chi connectivity index (χ1) is 19.9. The summed E-state index contributed by atoms with van der Waals surface area (Å²) in [7, 11) is 0. The summed E-state index contributed by atoms with van der Waals surface area (Å²) >= 11 is 0. The van der Waals surface area contributed by atoms with E-state index in [1.165, 1.54) is 12.8 Å². The molecule has 10 nitrogen and oxygen atoms in total. The number of pyridine rings is 1. The molecule has 0 saturated carbocycles. The lowest BCUT2D eigenvalue weighted by atomic mass is 10.1. The quantitative estimate of drug-likeness (QED) is 0.236. The number of likely N-dealkylation sites (tertiary alicyclic amines) is 1. The molecule has 214 valence electrons. The number of carbonyl (C=O) groups excluding carboxylic acids is 1. The zero-order valence-corrected chi connectivity index (χ0v) is 23.5. The van der Waals surface area contributed by atoms with E-state index in [1.807, 2.05) is 49.1 Å². The van der Waals surface area contributed by atoms with Gasteiger partial charge < -0.3 is 34.9 Å². The second kappa shape index (κ2) is 11.4. The van der Waals surface area contributed by atoms with Gasteiger partial charge in [-0.25, -0.2) is 4.98 Å². The lowest BCUT2D eigenvalue weighted by molar-refractivity contribution is 0.0763. The molecule has 0 aliphatic carbocycles. The molecule has 4 aromatic rings. The van der Waals surface area contributed by atoms with E-state index in [9.17, 15) is 14.7 Å². The molecule has 0 radical (unpaired) electrons. The molecule has 41 heavy (non-hydrogen) atoms. The Kier molecular flexibility index (Phi) is 7.51. The molecule has 1 amide bonds. The molecule has 0 bridgehead atoms. The molecular weight excluding hydrogens is 520 g/mol. The van der Waals surface area contributed by atoms with E-state index < -0.39 is 6.10 Å². The van der Waals surface area contributed by atoms with Gasteiger partial charge in [0.2, 0.25) is 0 Å². The van der Waals surface area contributed by atoms with E-state index in [2.05, 4.69) is 20.2 Å². The maximum Gasteiger partial charge on any atom is 0.261 e. The summed E-state index contributed by atoms with van der Waals surface area (Å²) in [6, 6.07) is 11.4. The maximum absolute atomic E-state index is 13.1. The van der Waals surface area contributed by atoms with Crippen molar-refractivity contribution in [2.75, 3.05) is 44.6 Å². The number of ether oxygens (including phenoxy) is 1. The number of aliphatic hydroxyl groups excluding tert-OH is 1. The van der Waals surface area contributed by atoms with Gasteiger partial charge in [0.05, 0.1) is 16.7 Å². The van der Waals surface area contributed by atoms with Gasteiger partial charge in [0, 0.05) is 37.9 Å². The zero-order valence-electron chi connectivity index (χ0n) is 23.5. The van der Waals surface area contributed by atoms with Crippen molar-refractivity contribution in [2.24, 2.45) is 0 Å².